The third-order valence-corrected chi connectivity index (χ3v) is 9.93. The second-order valence-electron chi connectivity index (χ2n) is 14.1. The molecule has 0 N–H and O–H groups in total. The summed E-state index contributed by atoms with van der Waals surface area (Å²) in [5, 5.41) is 1.09. The monoisotopic (exact) mass is 800 g/mol. The number of benzene rings is 6. The molecule has 306 valence electrons. The standard InChI is InChI=1S/C38H33NO2.C9H10.C8H9N.C2H4/c1-5-8-9-15-29(13-6-2)36-26(4)39(31-21-19-28(20-22-31)30-16-12-14-27(7-3)25-30)37-32(36)23-24-35-38(37)41-34-18-11-10-17-33(34)40-35;1-8(2)9-6-4-3-5-7-9;1-9-7-8-5-3-2-4-6-8;1-2/h5-6,8-25H,2,7H2,1,3-4H3;3-7H,1H2,2H3;2-6H,1,7H2;1-2H2/b8-5-,15-9-,29-13-;;;. The molecule has 4 heteroatoms. The van der Waals surface area contributed by atoms with E-state index in [4.69, 9.17) is 9.47 Å². The third-order valence-electron chi connectivity index (χ3n) is 9.93. The highest BCUT2D eigenvalue weighted by Crippen LogP contribution is 2.51. The number of para-hydroxylation sites is 2. The molecule has 0 aliphatic carbocycles. The lowest BCUT2D eigenvalue weighted by Gasteiger charge is -2.22. The maximum absolute atomic E-state index is 6.56. The first kappa shape index (κ1) is 44.7. The summed E-state index contributed by atoms with van der Waals surface area (Å²) in [6.07, 6.45) is 13.2. The van der Waals surface area contributed by atoms with E-state index in [1.807, 2.05) is 111 Å². The number of nitrogens with zero attached hydrogens (tertiary/aromatic N) is 2. The molecule has 0 unspecified atom stereocenters. The van der Waals surface area contributed by atoms with Crippen molar-refractivity contribution in [3.63, 3.8) is 0 Å². The highest BCUT2D eigenvalue weighted by Gasteiger charge is 2.27. The zero-order chi connectivity index (χ0) is 43.6. The SMILES string of the molecule is C=C.C=C(C)c1ccccc1.C=C/C=C(/C=C\C=C/C)c1c(C)n(-c2ccc(-c3cccc(CC)c3)cc2)c2c3c(ccc12)Oc1ccccc1O3.C=NCc1ccccc1. The van der Waals surface area contributed by atoms with E-state index in [1.54, 1.807) is 0 Å². The van der Waals surface area contributed by atoms with Crippen molar-refractivity contribution in [3.8, 4) is 39.8 Å². The van der Waals surface area contributed by atoms with Crippen LogP contribution in [-0.4, -0.2) is 11.3 Å². The van der Waals surface area contributed by atoms with Gasteiger partial charge in [0, 0.05) is 22.3 Å². The van der Waals surface area contributed by atoms with Crippen molar-refractivity contribution in [2.45, 2.75) is 40.7 Å². The maximum atomic E-state index is 6.56. The van der Waals surface area contributed by atoms with E-state index >= 15 is 0 Å². The summed E-state index contributed by atoms with van der Waals surface area (Å²) in [7, 11) is 0. The summed E-state index contributed by atoms with van der Waals surface area (Å²) in [5.74, 6) is 2.84. The van der Waals surface area contributed by atoms with Crippen molar-refractivity contribution < 1.29 is 9.47 Å². The second kappa shape index (κ2) is 22.6. The smallest absolute Gasteiger partial charge is 0.194 e. The Labute approximate surface area is 363 Å². The lowest BCUT2D eigenvalue weighted by atomic mass is 10.0. The molecule has 0 saturated carbocycles. The summed E-state index contributed by atoms with van der Waals surface area (Å²) in [6, 6.07) is 49.7. The minimum Gasteiger partial charge on any atom is -0.449 e. The molecule has 0 spiro atoms. The zero-order valence-corrected chi connectivity index (χ0v) is 36.0. The van der Waals surface area contributed by atoms with Crippen LogP contribution in [-0.2, 0) is 13.0 Å². The fraction of sp³-hybridized carbons (Fsp3) is 0.105. The second-order valence-corrected chi connectivity index (χ2v) is 14.1. The molecule has 0 bridgehead atoms. The Morgan fingerprint density at radius 2 is 1.34 bits per heavy atom. The molecule has 0 saturated heterocycles. The van der Waals surface area contributed by atoms with Gasteiger partial charge in [-0.3, -0.25) is 4.99 Å². The zero-order valence-electron chi connectivity index (χ0n) is 36.0. The first-order valence-corrected chi connectivity index (χ1v) is 20.5. The largest absolute Gasteiger partial charge is 0.449 e. The van der Waals surface area contributed by atoms with Crippen LogP contribution < -0.4 is 9.47 Å². The van der Waals surface area contributed by atoms with Gasteiger partial charge < -0.3 is 14.0 Å². The predicted molar refractivity (Wildman–Crippen MR) is 264 cm³/mol. The average molecular weight is 801 g/mol. The number of aromatic nitrogens is 1. The molecule has 0 atom stereocenters. The Morgan fingerprint density at radius 3 is 1.95 bits per heavy atom. The van der Waals surface area contributed by atoms with E-state index in [0.29, 0.717) is 17.2 Å². The van der Waals surface area contributed by atoms with Crippen LogP contribution in [0.4, 0.5) is 0 Å². The van der Waals surface area contributed by atoms with Crippen molar-refractivity contribution in [1.29, 1.82) is 0 Å². The molecule has 0 fully saturated rings. The fourth-order valence-corrected chi connectivity index (χ4v) is 6.99. The predicted octanol–water partition coefficient (Wildman–Crippen LogP) is 16.2. The normalized spacial score (nSPS) is 11.3. The van der Waals surface area contributed by atoms with Crippen molar-refractivity contribution in [3.05, 3.63) is 236 Å². The molecule has 61 heavy (non-hydrogen) atoms. The van der Waals surface area contributed by atoms with Gasteiger partial charge in [0.15, 0.2) is 23.0 Å². The highest BCUT2D eigenvalue weighted by atomic mass is 16.6. The number of hydrogen-bond donors (Lipinski definition) is 0. The molecule has 2 heterocycles. The average Bonchev–Trinajstić information content (AvgIpc) is 3.61. The Hall–Kier alpha value is -7.43. The summed E-state index contributed by atoms with van der Waals surface area (Å²) in [4.78, 5) is 3.76. The van der Waals surface area contributed by atoms with Crippen molar-refractivity contribution >= 4 is 28.8 Å². The molecule has 0 amide bonds. The summed E-state index contributed by atoms with van der Waals surface area (Å²) in [5.41, 5.74) is 12.6. The first-order chi connectivity index (χ1) is 29.9. The number of hydrogen-bond acceptors (Lipinski definition) is 3. The van der Waals surface area contributed by atoms with Crippen LogP contribution in [0.25, 0.3) is 38.9 Å². The Kier molecular flexibility index (Phi) is 16.6. The van der Waals surface area contributed by atoms with Crippen molar-refractivity contribution in [1.82, 2.24) is 4.57 Å². The molecule has 4 nitrogen and oxygen atoms in total. The lowest BCUT2D eigenvalue weighted by Crippen LogP contribution is -2.02. The minimum absolute atomic E-state index is 0.702. The van der Waals surface area contributed by atoms with E-state index in [9.17, 15) is 0 Å². The molecular formula is C57H56N2O2. The molecule has 8 rings (SSSR count). The molecule has 1 aromatic heterocycles. The Morgan fingerprint density at radius 1 is 0.705 bits per heavy atom. The molecular weight excluding hydrogens is 745 g/mol. The van der Waals surface area contributed by atoms with Gasteiger partial charge in [0.2, 0.25) is 0 Å². The summed E-state index contributed by atoms with van der Waals surface area (Å²) in [6.45, 7) is 26.3. The van der Waals surface area contributed by atoms with Crippen LogP contribution in [0.3, 0.4) is 0 Å². The van der Waals surface area contributed by atoms with Crippen LogP contribution >= 0.6 is 0 Å². The van der Waals surface area contributed by atoms with E-state index in [0.717, 1.165) is 57.7 Å². The van der Waals surface area contributed by atoms with E-state index < -0.39 is 0 Å². The van der Waals surface area contributed by atoms with Crippen LogP contribution in [0.1, 0.15) is 48.7 Å². The Balaban J connectivity index is 0.000000289. The first-order valence-electron chi connectivity index (χ1n) is 20.5. The van der Waals surface area contributed by atoms with Gasteiger partial charge >= 0.3 is 0 Å². The van der Waals surface area contributed by atoms with Gasteiger partial charge in [0.1, 0.15) is 5.52 Å². The quantitative estimate of drug-likeness (QED) is 0.0784. The highest BCUT2D eigenvalue weighted by molar-refractivity contribution is 6.02. The third kappa shape index (κ3) is 11.2. The van der Waals surface area contributed by atoms with Gasteiger partial charge in [-0.05, 0) is 104 Å². The Bertz CT molecular complexity index is 2640. The van der Waals surface area contributed by atoms with Gasteiger partial charge in [-0.15, -0.1) is 13.2 Å². The van der Waals surface area contributed by atoms with Gasteiger partial charge in [0.05, 0.1) is 6.54 Å². The number of fused-ring (bicyclic) bond motifs is 4. The summed E-state index contributed by atoms with van der Waals surface area (Å²) < 4.78 is 15.2. The molecule has 1 aliphatic rings. The van der Waals surface area contributed by atoms with E-state index in [1.165, 1.54) is 27.8 Å². The molecule has 6 aromatic carbocycles. The van der Waals surface area contributed by atoms with Crippen LogP contribution in [0, 0.1) is 6.92 Å². The van der Waals surface area contributed by atoms with Gasteiger partial charge in [-0.1, -0.05) is 171 Å². The number of aliphatic imine (C=N–C) groups is 1. The topological polar surface area (TPSA) is 35.8 Å². The van der Waals surface area contributed by atoms with E-state index in [2.05, 4.69) is 141 Å². The fourth-order valence-electron chi connectivity index (χ4n) is 6.99. The van der Waals surface area contributed by atoms with Crippen molar-refractivity contribution in [2.24, 2.45) is 4.99 Å². The lowest BCUT2D eigenvalue weighted by molar-refractivity contribution is 0.362. The van der Waals surface area contributed by atoms with Gasteiger partial charge in [-0.25, -0.2) is 0 Å². The van der Waals surface area contributed by atoms with E-state index in [-0.39, 0.29) is 0 Å². The summed E-state index contributed by atoms with van der Waals surface area (Å²) >= 11 is 0. The number of ether oxygens (including phenoxy) is 2. The minimum atomic E-state index is 0.702. The molecule has 1 aliphatic heterocycles. The maximum Gasteiger partial charge on any atom is 0.194 e. The molecule has 0 radical (unpaired) electrons. The molecule has 7 aromatic rings. The van der Waals surface area contributed by atoms with Crippen molar-refractivity contribution in [2.75, 3.05) is 0 Å². The number of rotatable bonds is 10. The number of aryl methyl sites for hydroxylation is 1. The van der Waals surface area contributed by atoms with Crippen LogP contribution in [0.2, 0.25) is 0 Å². The van der Waals surface area contributed by atoms with Gasteiger partial charge in [-0.2, -0.15) is 0 Å². The van der Waals surface area contributed by atoms with Crippen LogP contribution in [0.5, 0.6) is 23.0 Å². The van der Waals surface area contributed by atoms with Crippen LogP contribution in [0.15, 0.2) is 213 Å². The van der Waals surface area contributed by atoms with Gasteiger partial charge in [0.25, 0.3) is 0 Å². The number of allylic oxidation sites excluding steroid dienone is 8.